The quantitative estimate of drug-likeness (QED) is 0.198. The SMILES string of the molecule is CCCCCn1c(=O)n2cnnc2c2[nH]c(-c3cc(S(=O)(=O)N(CCO)CCO)ccc3OCCC)nc21. The largest absolute Gasteiger partial charge is 0.493 e. The summed E-state index contributed by atoms with van der Waals surface area (Å²) in [6.07, 6.45) is 4.80. The Balaban J connectivity index is 1.91. The van der Waals surface area contributed by atoms with Crippen molar-refractivity contribution in [2.45, 2.75) is 51.0 Å². The molecule has 0 spiro atoms. The Morgan fingerprint density at radius 2 is 1.84 bits per heavy atom. The van der Waals surface area contributed by atoms with Gasteiger partial charge in [0.1, 0.15) is 23.4 Å². The smallest absolute Gasteiger partial charge is 0.336 e. The van der Waals surface area contributed by atoms with E-state index in [-0.39, 0.29) is 23.7 Å². The molecule has 0 aliphatic rings. The lowest BCUT2D eigenvalue weighted by atomic mass is 10.2. The first-order valence-corrected chi connectivity index (χ1v) is 14.1. The number of fused-ring (bicyclic) bond motifs is 3. The number of nitrogens with one attached hydrogen (secondary N) is 1. The van der Waals surface area contributed by atoms with Crippen molar-refractivity contribution >= 4 is 26.8 Å². The molecule has 3 aromatic heterocycles. The lowest BCUT2D eigenvalue weighted by Crippen LogP contribution is -2.35. The van der Waals surface area contributed by atoms with Gasteiger partial charge in [0.15, 0.2) is 11.3 Å². The Morgan fingerprint density at radius 3 is 2.53 bits per heavy atom. The molecule has 14 heteroatoms. The second-order valence-corrected chi connectivity index (χ2v) is 10.7. The minimum atomic E-state index is -4.04. The molecule has 0 bridgehead atoms. The fourth-order valence-corrected chi connectivity index (χ4v) is 5.70. The number of unbranched alkanes of at least 4 members (excludes halogenated alkanes) is 2. The molecular weight excluding hydrogens is 514 g/mol. The average molecular weight is 548 g/mol. The summed E-state index contributed by atoms with van der Waals surface area (Å²) < 4.78 is 36.5. The molecule has 3 N–H and O–H groups in total. The third-order valence-electron chi connectivity index (χ3n) is 6.14. The van der Waals surface area contributed by atoms with Crippen molar-refractivity contribution in [3.63, 3.8) is 0 Å². The molecule has 0 saturated carbocycles. The van der Waals surface area contributed by atoms with E-state index in [1.807, 2.05) is 6.92 Å². The zero-order valence-corrected chi connectivity index (χ0v) is 22.3. The lowest BCUT2D eigenvalue weighted by molar-refractivity contribution is 0.217. The molecule has 1 aromatic carbocycles. The van der Waals surface area contributed by atoms with Gasteiger partial charge in [-0.3, -0.25) is 4.57 Å². The number of hydrogen-bond donors (Lipinski definition) is 3. The molecule has 4 rings (SSSR count). The summed E-state index contributed by atoms with van der Waals surface area (Å²) in [6.45, 7) is 3.78. The average Bonchev–Trinajstić information content (AvgIpc) is 3.57. The normalized spacial score (nSPS) is 12.2. The Labute approximate surface area is 219 Å². The van der Waals surface area contributed by atoms with Crippen LogP contribution in [0.2, 0.25) is 0 Å². The van der Waals surface area contributed by atoms with E-state index in [1.54, 1.807) is 10.6 Å². The minimum absolute atomic E-state index is 0.0494. The fraction of sp³-hybridized carbons (Fsp3) is 0.500. The molecule has 4 aromatic rings. The van der Waals surface area contributed by atoms with Crippen LogP contribution in [0.3, 0.4) is 0 Å². The van der Waals surface area contributed by atoms with Gasteiger partial charge in [0.25, 0.3) is 0 Å². The summed E-state index contributed by atoms with van der Waals surface area (Å²) in [5, 5.41) is 26.7. The summed E-state index contributed by atoms with van der Waals surface area (Å²) in [5.74, 6) is 0.719. The molecule has 0 aliphatic carbocycles. The Bertz CT molecular complexity index is 1550. The van der Waals surface area contributed by atoms with Crippen molar-refractivity contribution in [3.8, 4) is 17.1 Å². The molecular formula is C24H33N7O6S. The van der Waals surface area contributed by atoms with Crippen LogP contribution in [0.15, 0.2) is 34.2 Å². The predicted molar refractivity (Wildman–Crippen MR) is 141 cm³/mol. The van der Waals surface area contributed by atoms with Crippen LogP contribution >= 0.6 is 0 Å². The van der Waals surface area contributed by atoms with E-state index in [0.29, 0.717) is 47.1 Å². The summed E-state index contributed by atoms with van der Waals surface area (Å²) in [5.41, 5.74) is 1.26. The van der Waals surface area contributed by atoms with Gasteiger partial charge < -0.3 is 19.9 Å². The van der Waals surface area contributed by atoms with Gasteiger partial charge in [0.2, 0.25) is 10.0 Å². The highest BCUT2D eigenvalue weighted by Gasteiger charge is 2.26. The number of aryl methyl sites for hydroxylation is 1. The topological polar surface area (TPSA) is 168 Å². The molecule has 0 radical (unpaired) electrons. The molecule has 0 amide bonds. The summed E-state index contributed by atoms with van der Waals surface area (Å²) in [6, 6.07) is 4.42. The number of rotatable bonds is 14. The number of sulfonamides is 1. The van der Waals surface area contributed by atoms with Crippen LogP contribution in [0.1, 0.15) is 39.5 Å². The van der Waals surface area contributed by atoms with E-state index in [1.165, 1.54) is 22.9 Å². The van der Waals surface area contributed by atoms with Gasteiger partial charge in [0.05, 0.1) is 30.3 Å². The number of H-pyrrole nitrogens is 1. The number of ether oxygens (including phenoxy) is 1. The Kier molecular flexibility index (Phi) is 8.76. The van der Waals surface area contributed by atoms with Gasteiger partial charge >= 0.3 is 5.69 Å². The number of aliphatic hydroxyl groups excluding tert-OH is 2. The van der Waals surface area contributed by atoms with Gasteiger partial charge in [-0.25, -0.2) is 22.6 Å². The van der Waals surface area contributed by atoms with E-state index < -0.39 is 23.2 Å². The first kappa shape index (κ1) is 27.7. The van der Waals surface area contributed by atoms with Crippen molar-refractivity contribution in [2.24, 2.45) is 0 Å². The molecule has 0 unspecified atom stereocenters. The first-order valence-electron chi connectivity index (χ1n) is 12.7. The maximum absolute atomic E-state index is 13.3. The maximum Gasteiger partial charge on any atom is 0.336 e. The van der Waals surface area contributed by atoms with Crippen LogP contribution in [0.4, 0.5) is 0 Å². The number of hydrogen-bond acceptors (Lipinski definition) is 9. The minimum Gasteiger partial charge on any atom is -0.493 e. The van der Waals surface area contributed by atoms with Crippen LogP contribution in [0.25, 0.3) is 28.2 Å². The molecule has 0 aliphatic heterocycles. The third kappa shape index (κ3) is 5.29. The van der Waals surface area contributed by atoms with Crippen molar-refractivity contribution in [1.29, 1.82) is 0 Å². The lowest BCUT2D eigenvalue weighted by Gasteiger charge is -2.21. The number of benzene rings is 1. The first-order chi connectivity index (χ1) is 18.4. The summed E-state index contributed by atoms with van der Waals surface area (Å²) in [4.78, 5) is 21.1. The van der Waals surface area contributed by atoms with E-state index in [2.05, 4.69) is 22.1 Å². The van der Waals surface area contributed by atoms with Gasteiger partial charge in [-0.2, -0.15) is 4.31 Å². The fourth-order valence-electron chi connectivity index (χ4n) is 4.25. The molecule has 0 saturated heterocycles. The highest BCUT2D eigenvalue weighted by Crippen LogP contribution is 2.33. The van der Waals surface area contributed by atoms with E-state index >= 15 is 0 Å². The standard InChI is InChI=1S/C24H33N7O6S/c1-3-5-6-9-30-22-20(23-28-25-16-31(23)24(30)34)26-21(27-22)18-15-17(7-8-19(18)37-14-4-2)38(35,36)29(10-12-32)11-13-33/h7-8,15-16,32-33H,3-6,9-14H2,1-2H3,(H,26,27). The monoisotopic (exact) mass is 547 g/mol. The number of imidazole rings is 1. The Hall–Kier alpha value is -3.33. The van der Waals surface area contributed by atoms with E-state index in [0.717, 1.165) is 30.0 Å². The second-order valence-electron chi connectivity index (χ2n) is 8.81. The molecule has 3 heterocycles. The number of aromatic amines is 1. The zero-order valence-electron chi connectivity index (χ0n) is 21.5. The molecule has 0 fully saturated rings. The maximum atomic E-state index is 13.3. The van der Waals surface area contributed by atoms with Crippen molar-refractivity contribution in [2.75, 3.05) is 32.9 Å². The summed E-state index contributed by atoms with van der Waals surface area (Å²) >= 11 is 0. The predicted octanol–water partition coefficient (Wildman–Crippen LogP) is 1.39. The highest BCUT2D eigenvalue weighted by atomic mass is 32.2. The van der Waals surface area contributed by atoms with Gasteiger partial charge in [0, 0.05) is 19.6 Å². The number of aromatic nitrogens is 6. The Morgan fingerprint density at radius 1 is 1.08 bits per heavy atom. The third-order valence-corrected chi connectivity index (χ3v) is 8.03. The zero-order chi connectivity index (χ0) is 27.3. The van der Waals surface area contributed by atoms with E-state index in [4.69, 9.17) is 9.72 Å². The van der Waals surface area contributed by atoms with Gasteiger partial charge in [-0.15, -0.1) is 10.2 Å². The number of aliphatic hydroxyl groups is 2. The van der Waals surface area contributed by atoms with Crippen molar-refractivity contribution < 1.29 is 23.4 Å². The molecule has 206 valence electrons. The molecule has 38 heavy (non-hydrogen) atoms. The van der Waals surface area contributed by atoms with Crippen molar-refractivity contribution in [1.82, 2.24) is 33.4 Å². The second kappa shape index (κ2) is 12.0. The highest BCUT2D eigenvalue weighted by molar-refractivity contribution is 7.89. The molecule has 13 nitrogen and oxygen atoms in total. The number of nitrogens with zero attached hydrogens (tertiary/aromatic N) is 6. The van der Waals surface area contributed by atoms with Gasteiger partial charge in [-0.1, -0.05) is 26.7 Å². The van der Waals surface area contributed by atoms with Crippen LogP contribution in [0.5, 0.6) is 5.75 Å². The van der Waals surface area contributed by atoms with Crippen LogP contribution < -0.4 is 10.4 Å². The van der Waals surface area contributed by atoms with Crippen LogP contribution in [-0.4, -0.2) is 85.0 Å². The van der Waals surface area contributed by atoms with Crippen LogP contribution in [-0.2, 0) is 16.6 Å². The summed E-state index contributed by atoms with van der Waals surface area (Å²) in [7, 11) is -4.04. The van der Waals surface area contributed by atoms with Gasteiger partial charge in [-0.05, 0) is 31.0 Å². The van der Waals surface area contributed by atoms with Crippen LogP contribution in [0, 0.1) is 0 Å². The van der Waals surface area contributed by atoms with Crippen molar-refractivity contribution in [3.05, 3.63) is 35.0 Å². The van der Waals surface area contributed by atoms with E-state index in [9.17, 15) is 23.4 Å². The molecule has 0 atom stereocenters.